The van der Waals surface area contributed by atoms with Crippen LogP contribution in [-0.4, -0.2) is 35.9 Å². The van der Waals surface area contributed by atoms with E-state index in [-0.39, 0.29) is 11.9 Å². The van der Waals surface area contributed by atoms with Gasteiger partial charge in [-0.2, -0.15) is 5.10 Å². The molecular weight excluding hydrogens is 316 g/mol. The third-order valence-electron chi connectivity index (χ3n) is 5.00. The summed E-state index contributed by atoms with van der Waals surface area (Å²) >= 11 is 0. The van der Waals surface area contributed by atoms with E-state index in [1.807, 2.05) is 42.9 Å². The van der Waals surface area contributed by atoms with Gasteiger partial charge in [0.05, 0.1) is 13.2 Å². The number of aromatic nitrogens is 2. The van der Waals surface area contributed by atoms with Crippen molar-refractivity contribution < 1.29 is 9.53 Å². The Balaban J connectivity index is 1.86. The van der Waals surface area contributed by atoms with Crippen LogP contribution in [0.1, 0.15) is 36.9 Å². The lowest BCUT2D eigenvalue weighted by Crippen LogP contribution is -2.55. The molecule has 1 fully saturated rings. The number of carbonyl (C=O) groups excluding carboxylic acids is 1. The molecule has 0 bridgehead atoms. The molecule has 1 saturated heterocycles. The molecular formula is C19H26N4O2. The van der Waals surface area contributed by atoms with Crippen LogP contribution in [0.15, 0.2) is 36.7 Å². The predicted molar refractivity (Wildman–Crippen MR) is 96.6 cm³/mol. The Kier molecular flexibility index (Phi) is 5.08. The molecule has 6 nitrogen and oxygen atoms in total. The highest BCUT2D eigenvalue weighted by atomic mass is 16.5. The van der Waals surface area contributed by atoms with Gasteiger partial charge >= 0.3 is 0 Å². The first kappa shape index (κ1) is 17.5. The summed E-state index contributed by atoms with van der Waals surface area (Å²) in [6.07, 6.45) is 5.04. The normalized spacial score (nSPS) is 17.7. The van der Waals surface area contributed by atoms with Gasteiger partial charge in [0.1, 0.15) is 11.3 Å². The van der Waals surface area contributed by atoms with E-state index in [1.54, 1.807) is 13.3 Å². The van der Waals surface area contributed by atoms with E-state index in [1.165, 1.54) is 0 Å². The molecule has 0 saturated carbocycles. The van der Waals surface area contributed by atoms with Gasteiger partial charge < -0.3 is 15.4 Å². The van der Waals surface area contributed by atoms with Gasteiger partial charge in [-0.15, -0.1) is 0 Å². The molecule has 134 valence electrons. The van der Waals surface area contributed by atoms with Gasteiger partial charge in [-0.3, -0.25) is 9.48 Å². The largest absolute Gasteiger partial charge is 0.496 e. The monoisotopic (exact) mass is 342 g/mol. The third kappa shape index (κ3) is 3.39. The zero-order chi connectivity index (χ0) is 17.9. The van der Waals surface area contributed by atoms with Crippen molar-refractivity contribution in [3.05, 3.63) is 47.8 Å². The standard InChI is InChI=1S/C19H26N4O2/c1-14-5-6-17(25-3)16(13-14)15(2)22-18(24)19(7-10-20-11-8-19)23-12-4-9-21-23/h4-6,9,12-13,15,20H,7-8,10-11H2,1-3H3,(H,22,24). The first-order chi connectivity index (χ1) is 12.1. The Morgan fingerprint density at radius 3 is 2.80 bits per heavy atom. The lowest BCUT2D eigenvalue weighted by Gasteiger charge is -2.37. The Hall–Kier alpha value is -2.34. The van der Waals surface area contributed by atoms with Gasteiger partial charge in [-0.1, -0.05) is 17.7 Å². The molecule has 1 aliphatic heterocycles. The number of amides is 1. The molecule has 2 heterocycles. The molecule has 1 unspecified atom stereocenters. The quantitative estimate of drug-likeness (QED) is 0.874. The van der Waals surface area contributed by atoms with Gasteiger partial charge in [-0.25, -0.2) is 0 Å². The Labute approximate surface area is 148 Å². The Bertz CT molecular complexity index is 721. The van der Waals surface area contributed by atoms with Gasteiger partial charge in [0.2, 0.25) is 5.91 Å². The summed E-state index contributed by atoms with van der Waals surface area (Å²) in [5, 5.41) is 10.9. The molecule has 6 heteroatoms. The average molecular weight is 342 g/mol. The second-order valence-electron chi connectivity index (χ2n) is 6.67. The molecule has 3 rings (SSSR count). The molecule has 1 aromatic carbocycles. The maximum absolute atomic E-state index is 13.2. The number of carbonyl (C=O) groups is 1. The van der Waals surface area contributed by atoms with Crippen LogP contribution < -0.4 is 15.4 Å². The van der Waals surface area contributed by atoms with E-state index in [0.29, 0.717) is 0 Å². The fraction of sp³-hybridized carbons (Fsp3) is 0.474. The van der Waals surface area contributed by atoms with Gasteiger partial charge in [0, 0.05) is 18.0 Å². The van der Waals surface area contributed by atoms with Crippen molar-refractivity contribution in [1.29, 1.82) is 0 Å². The molecule has 0 aliphatic carbocycles. The molecule has 2 aromatic rings. The second kappa shape index (κ2) is 7.27. The van der Waals surface area contributed by atoms with Crippen molar-refractivity contribution >= 4 is 5.91 Å². The molecule has 1 atom stereocenters. The maximum Gasteiger partial charge on any atom is 0.248 e. The summed E-state index contributed by atoms with van der Waals surface area (Å²) < 4.78 is 7.28. The lowest BCUT2D eigenvalue weighted by molar-refractivity contribution is -0.132. The van der Waals surface area contributed by atoms with Gasteiger partial charge in [0.25, 0.3) is 0 Å². The minimum absolute atomic E-state index is 0.00811. The number of benzene rings is 1. The summed E-state index contributed by atoms with van der Waals surface area (Å²) in [4.78, 5) is 13.2. The fourth-order valence-corrected chi connectivity index (χ4v) is 3.52. The summed E-state index contributed by atoms with van der Waals surface area (Å²) in [5.41, 5.74) is 1.49. The van der Waals surface area contributed by atoms with Crippen molar-refractivity contribution in [3.63, 3.8) is 0 Å². The van der Waals surface area contributed by atoms with Crippen LogP contribution in [0.3, 0.4) is 0 Å². The topological polar surface area (TPSA) is 68.2 Å². The highest BCUT2D eigenvalue weighted by Gasteiger charge is 2.42. The first-order valence-electron chi connectivity index (χ1n) is 8.73. The number of hydrogen-bond acceptors (Lipinski definition) is 4. The Morgan fingerprint density at radius 1 is 1.40 bits per heavy atom. The molecule has 0 spiro atoms. The highest BCUT2D eigenvalue weighted by Crippen LogP contribution is 2.30. The third-order valence-corrected chi connectivity index (χ3v) is 5.00. The van der Waals surface area contributed by atoms with Crippen LogP contribution in [0, 0.1) is 6.92 Å². The van der Waals surface area contributed by atoms with E-state index in [0.717, 1.165) is 42.8 Å². The van der Waals surface area contributed by atoms with Crippen LogP contribution in [-0.2, 0) is 10.3 Å². The summed E-state index contributed by atoms with van der Waals surface area (Å²) in [6.45, 7) is 5.63. The number of ether oxygens (including phenoxy) is 1. The van der Waals surface area contributed by atoms with Crippen LogP contribution in [0.25, 0.3) is 0 Å². The molecule has 1 amide bonds. The van der Waals surface area contributed by atoms with E-state index < -0.39 is 5.54 Å². The van der Waals surface area contributed by atoms with Crippen LogP contribution in [0.2, 0.25) is 0 Å². The van der Waals surface area contributed by atoms with Crippen LogP contribution in [0.4, 0.5) is 0 Å². The number of rotatable bonds is 5. The first-order valence-corrected chi connectivity index (χ1v) is 8.73. The van der Waals surface area contributed by atoms with E-state index >= 15 is 0 Å². The minimum atomic E-state index is -0.639. The van der Waals surface area contributed by atoms with Crippen LogP contribution in [0.5, 0.6) is 5.75 Å². The highest BCUT2D eigenvalue weighted by molar-refractivity contribution is 5.85. The number of nitrogens with one attached hydrogen (secondary N) is 2. The SMILES string of the molecule is COc1ccc(C)cc1C(C)NC(=O)C1(n2cccn2)CCNCC1. The maximum atomic E-state index is 13.2. The molecule has 0 radical (unpaired) electrons. The minimum Gasteiger partial charge on any atom is -0.496 e. The van der Waals surface area contributed by atoms with Gasteiger partial charge in [-0.05, 0) is 51.9 Å². The van der Waals surface area contributed by atoms with Crippen LogP contribution >= 0.6 is 0 Å². The van der Waals surface area contributed by atoms with E-state index in [2.05, 4.69) is 21.8 Å². The van der Waals surface area contributed by atoms with Crippen molar-refractivity contribution in [3.8, 4) is 5.75 Å². The lowest BCUT2D eigenvalue weighted by atomic mass is 9.87. The smallest absolute Gasteiger partial charge is 0.248 e. The number of hydrogen-bond donors (Lipinski definition) is 2. The Morgan fingerprint density at radius 2 is 2.16 bits per heavy atom. The van der Waals surface area contributed by atoms with Crippen molar-refractivity contribution in [2.45, 2.75) is 38.3 Å². The average Bonchev–Trinajstić information content (AvgIpc) is 3.17. The molecule has 2 N–H and O–H groups in total. The summed E-state index contributed by atoms with van der Waals surface area (Å²) in [6, 6.07) is 7.73. The van der Waals surface area contributed by atoms with Crippen molar-refractivity contribution in [1.82, 2.24) is 20.4 Å². The fourth-order valence-electron chi connectivity index (χ4n) is 3.52. The number of methoxy groups -OCH3 is 1. The zero-order valence-corrected chi connectivity index (χ0v) is 15.1. The predicted octanol–water partition coefficient (Wildman–Crippen LogP) is 2.16. The second-order valence-corrected chi connectivity index (χ2v) is 6.67. The molecule has 1 aliphatic rings. The van der Waals surface area contributed by atoms with Crippen molar-refractivity contribution in [2.75, 3.05) is 20.2 Å². The molecule has 25 heavy (non-hydrogen) atoms. The summed E-state index contributed by atoms with van der Waals surface area (Å²) in [5.74, 6) is 0.797. The number of aryl methyl sites for hydroxylation is 1. The van der Waals surface area contributed by atoms with E-state index in [9.17, 15) is 4.79 Å². The summed E-state index contributed by atoms with van der Waals surface area (Å²) in [7, 11) is 1.65. The van der Waals surface area contributed by atoms with Crippen molar-refractivity contribution in [2.24, 2.45) is 0 Å². The zero-order valence-electron chi connectivity index (χ0n) is 15.1. The number of nitrogens with zero attached hydrogens (tertiary/aromatic N) is 2. The van der Waals surface area contributed by atoms with Gasteiger partial charge in [0.15, 0.2) is 0 Å². The molecule has 1 aromatic heterocycles. The van der Waals surface area contributed by atoms with E-state index in [4.69, 9.17) is 4.74 Å². The number of piperidine rings is 1.